The van der Waals surface area contributed by atoms with Crippen LogP contribution in [-0.4, -0.2) is 13.7 Å². The first-order valence-corrected chi connectivity index (χ1v) is 9.94. The lowest BCUT2D eigenvalue weighted by Gasteiger charge is -2.23. The van der Waals surface area contributed by atoms with E-state index in [1.54, 1.807) is 0 Å². The smallest absolute Gasteiger partial charge is 0.204 e. The summed E-state index contributed by atoms with van der Waals surface area (Å²) in [4.78, 5) is 0. The van der Waals surface area contributed by atoms with E-state index in [-0.39, 0.29) is 11.5 Å². The van der Waals surface area contributed by atoms with Gasteiger partial charge in [-0.2, -0.15) is 8.78 Å². The van der Waals surface area contributed by atoms with Crippen molar-refractivity contribution in [1.82, 2.24) is 0 Å². The van der Waals surface area contributed by atoms with Crippen LogP contribution < -0.4 is 9.47 Å². The molecule has 0 saturated carbocycles. The number of methoxy groups -OCH3 is 1. The van der Waals surface area contributed by atoms with E-state index in [0.29, 0.717) is 24.4 Å². The molecule has 0 aliphatic carbocycles. The summed E-state index contributed by atoms with van der Waals surface area (Å²) in [5.74, 6) is 0.334. The predicted octanol–water partition coefficient (Wildman–Crippen LogP) is 6.87. The average Bonchev–Trinajstić information content (AvgIpc) is 2.64. The molecule has 4 atom stereocenters. The minimum atomic E-state index is -0.999. The number of hydrogen-bond donors (Lipinski definition) is 0. The van der Waals surface area contributed by atoms with Gasteiger partial charge in [-0.15, -0.1) is 0 Å². The van der Waals surface area contributed by atoms with E-state index in [4.69, 9.17) is 9.47 Å². The van der Waals surface area contributed by atoms with Gasteiger partial charge in [-0.25, -0.2) is 0 Å². The fourth-order valence-electron chi connectivity index (χ4n) is 2.97. The number of halogens is 2. The maximum absolute atomic E-state index is 13.9. The lowest BCUT2D eigenvalue weighted by molar-refractivity contribution is 0.220. The molecule has 1 aromatic carbocycles. The third kappa shape index (κ3) is 7.13. The van der Waals surface area contributed by atoms with Crippen LogP contribution in [0.3, 0.4) is 0 Å². The zero-order valence-corrected chi connectivity index (χ0v) is 17.3. The Morgan fingerprint density at radius 1 is 0.808 bits per heavy atom. The van der Waals surface area contributed by atoms with Crippen molar-refractivity contribution >= 4 is 0 Å². The van der Waals surface area contributed by atoms with Crippen molar-refractivity contribution in [3.8, 4) is 11.5 Å². The molecule has 1 rings (SSSR count). The topological polar surface area (TPSA) is 18.5 Å². The summed E-state index contributed by atoms with van der Waals surface area (Å²) in [6.07, 6.45) is 5.97. The van der Waals surface area contributed by atoms with Gasteiger partial charge in [-0.1, -0.05) is 60.3 Å². The van der Waals surface area contributed by atoms with Gasteiger partial charge in [0.25, 0.3) is 0 Å². The molecule has 0 saturated heterocycles. The van der Waals surface area contributed by atoms with E-state index >= 15 is 0 Å². The Balaban J connectivity index is 2.38. The van der Waals surface area contributed by atoms with E-state index < -0.39 is 11.6 Å². The number of benzene rings is 1. The van der Waals surface area contributed by atoms with E-state index in [0.717, 1.165) is 18.8 Å². The number of hydrogen-bond acceptors (Lipinski definition) is 2. The predicted molar refractivity (Wildman–Crippen MR) is 104 cm³/mol. The van der Waals surface area contributed by atoms with Gasteiger partial charge >= 0.3 is 0 Å². The Hall–Kier alpha value is -1.32. The molecule has 0 aromatic heterocycles. The van der Waals surface area contributed by atoms with Crippen LogP contribution in [0.5, 0.6) is 11.5 Å². The largest absolute Gasteiger partial charge is 0.494 e. The highest BCUT2D eigenvalue weighted by atomic mass is 19.2. The van der Waals surface area contributed by atoms with Gasteiger partial charge in [0.15, 0.2) is 11.5 Å². The van der Waals surface area contributed by atoms with E-state index in [9.17, 15) is 8.78 Å². The first-order chi connectivity index (χ1) is 12.3. The van der Waals surface area contributed by atoms with Crippen molar-refractivity contribution in [2.45, 2.75) is 66.7 Å². The minimum absolute atomic E-state index is 0.0508. The molecule has 26 heavy (non-hydrogen) atoms. The Morgan fingerprint density at radius 3 is 1.85 bits per heavy atom. The molecule has 2 nitrogen and oxygen atoms in total. The van der Waals surface area contributed by atoms with E-state index in [2.05, 4.69) is 34.6 Å². The lowest BCUT2D eigenvalue weighted by Crippen LogP contribution is -2.14. The van der Waals surface area contributed by atoms with E-state index in [1.807, 2.05) is 0 Å². The Labute approximate surface area is 158 Å². The Kier molecular flexibility index (Phi) is 9.97. The maximum atomic E-state index is 13.9. The van der Waals surface area contributed by atoms with Gasteiger partial charge in [0.05, 0.1) is 13.7 Å². The second-order valence-corrected chi connectivity index (χ2v) is 7.93. The van der Waals surface area contributed by atoms with Gasteiger partial charge in [0.2, 0.25) is 11.6 Å². The quantitative estimate of drug-likeness (QED) is 0.400. The van der Waals surface area contributed by atoms with E-state index in [1.165, 1.54) is 38.5 Å². The summed E-state index contributed by atoms with van der Waals surface area (Å²) in [7, 11) is 1.31. The molecular formula is C22H36F2O2. The monoisotopic (exact) mass is 370 g/mol. The standard InChI is InChI=1S/C22H36F2O2/c1-7-15(2)8-10-17(4)18(5)11-9-16(3)14-26-20-13-12-19(25-6)21(23)22(20)24/h12-13,15-18H,7-11,14H2,1-6H3. The molecule has 0 heterocycles. The number of ether oxygens (including phenoxy) is 2. The van der Waals surface area contributed by atoms with Crippen LogP contribution in [0.4, 0.5) is 8.78 Å². The third-order valence-electron chi connectivity index (χ3n) is 5.65. The summed E-state index contributed by atoms with van der Waals surface area (Å²) < 4.78 is 37.9. The summed E-state index contributed by atoms with van der Waals surface area (Å²) in [5, 5.41) is 0. The molecule has 0 radical (unpaired) electrons. The number of rotatable bonds is 12. The molecule has 0 aliphatic rings. The highest BCUT2D eigenvalue weighted by Gasteiger charge is 2.17. The first-order valence-electron chi connectivity index (χ1n) is 9.94. The highest BCUT2D eigenvalue weighted by molar-refractivity contribution is 5.34. The summed E-state index contributed by atoms with van der Waals surface area (Å²) >= 11 is 0. The summed E-state index contributed by atoms with van der Waals surface area (Å²) in [6, 6.07) is 2.81. The van der Waals surface area contributed by atoms with Crippen LogP contribution in [0, 0.1) is 35.3 Å². The van der Waals surface area contributed by atoms with Crippen LogP contribution in [0.1, 0.15) is 66.7 Å². The second kappa shape index (κ2) is 11.4. The van der Waals surface area contributed by atoms with Gasteiger partial charge < -0.3 is 9.47 Å². The highest BCUT2D eigenvalue weighted by Crippen LogP contribution is 2.29. The average molecular weight is 371 g/mol. The van der Waals surface area contributed by atoms with Gasteiger partial charge in [-0.05, 0) is 42.2 Å². The molecule has 1 aromatic rings. The molecule has 0 fully saturated rings. The molecule has 150 valence electrons. The minimum Gasteiger partial charge on any atom is -0.494 e. The van der Waals surface area contributed by atoms with Crippen LogP contribution in [-0.2, 0) is 0 Å². The fraction of sp³-hybridized carbons (Fsp3) is 0.727. The summed E-state index contributed by atoms with van der Waals surface area (Å²) in [6.45, 7) is 11.7. The summed E-state index contributed by atoms with van der Waals surface area (Å²) in [5.41, 5.74) is 0. The van der Waals surface area contributed by atoms with Crippen LogP contribution in [0.25, 0.3) is 0 Å². The molecule has 0 amide bonds. The normalized spacial score (nSPS) is 16.0. The van der Waals surface area contributed by atoms with Crippen molar-refractivity contribution in [3.05, 3.63) is 23.8 Å². The van der Waals surface area contributed by atoms with Crippen LogP contribution >= 0.6 is 0 Å². The van der Waals surface area contributed by atoms with Gasteiger partial charge in [-0.3, -0.25) is 0 Å². The van der Waals surface area contributed by atoms with Crippen molar-refractivity contribution in [2.24, 2.45) is 23.7 Å². The lowest BCUT2D eigenvalue weighted by atomic mass is 9.84. The molecule has 0 N–H and O–H groups in total. The van der Waals surface area contributed by atoms with Crippen molar-refractivity contribution in [2.75, 3.05) is 13.7 Å². The van der Waals surface area contributed by atoms with Gasteiger partial charge in [0.1, 0.15) is 0 Å². The molecule has 0 bridgehead atoms. The Morgan fingerprint density at radius 2 is 1.31 bits per heavy atom. The fourth-order valence-corrected chi connectivity index (χ4v) is 2.97. The van der Waals surface area contributed by atoms with Gasteiger partial charge in [0, 0.05) is 0 Å². The van der Waals surface area contributed by atoms with Crippen LogP contribution in [0.15, 0.2) is 12.1 Å². The second-order valence-electron chi connectivity index (χ2n) is 7.93. The SMILES string of the molecule is CCC(C)CCC(C)C(C)CCC(C)COc1ccc(OC)c(F)c1F. The Bertz CT molecular complexity index is 533. The third-order valence-corrected chi connectivity index (χ3v) is 5.65. The van der Waals surface area contributed by atoms with Crippen molar-refractivity contribution in [3.63, 3.8) is 0 Å². The van der Waals surface area contributed by atoms with Crippen LogP contribution in [0.2, 0.25) is 0 Å². The zero-order valence-electron chi connectivity index (χ0n) is 17.3. The maximum Gasteiger partial charge on any atom is 0.204 e. The molecule has 4 heteroatoms. The zero-order chi connectivity index (χ0) is 19.7. The van der Waals surface area contributed by atoms with Crippen molar-refractivity contribution in [1.29, 1.82) is 0 Å². The first kappa shape index (κ1) is 22.7. The molecule has 4 unspecified atom stereocenters. The molecule has 0 spiro atoms. The molecular weight excluding hydrogens is 334 g/mol. The van der Waals surface area contributed by atoms with Crippen molar-refractivity contribution < 1.29 is 18.3 Å². The molecule has 0 aliphatic heterocycles.